The molecule has 0 unspecified atom stereocenters. The average Bonchev–Trinajstić information content (AvgIpc) is 3.09. The maximum absolute atomic E-state index is 12.9. The van der Waals surface area contributed by atoms with Crippen LogP contribution in [-0.2, 0) is 10.0 Å². The van der Waals surface area contributed by atoms with Crippen LogP contribution in [0.2, 0.25) is 0 Å². The van der Waals surface area contributed by atoms with Gasteiger partial charge < -0.3 is 5.32 Å². The van der Waals surface area contributed by atoms with Crippen LogP contribution in [-0.4, -0.2) is 43.2 Å². The van der Waals surface area contributed by atoms with Crippen molar-refractivity contribution >= 4 is 60.6 Å². The molecule has 1 saturated heterocycles. The van der Waals surface area contributed by atoms with Gasteiger partial charge in [0.15, 0.2) is 0 Å². The molecule has 5 nitrogen and oxygen atoms in total. The van der Waals surface area contributed by atoms with E-state index in [2.05, 4.69) is 21.2 Å². The predicted molar refractivity (Wildman–Crippen MR) is 107 cm³/mol. The normalized spacial score (nSPS) is 15.9. The van der Waals surface area contributed by atoms with Crippen LogP contribution < -0.4 is 5.32 Å². The van der Waals surface area contributed by atoms with Crippen molar-refractivity contribution in [3.8, 4) is 0 Å². The van der Waals surface area contributed by atoms with Crippen molar-refractivity contribution in [3.63, 3.8) is 0 Å². The van der Waals surface area contributed by atoms with Crippen LogP contribution in [0.3, 0.4) is 0 Å². The van der Waals surface area contributed by atoms with Crippen LogP contribution in [0.15, 0.2) is 39.0 Å². The van der Waals surface area contributed by atoms with Crippen molar-refractivity contribution in [1.29, 1.82) is 0 Å². The van der Waals surface area contributed by atoms with Crippen molar-refractivity contribution in [2.45, 2.75) is 11.8 Å². The molecule has 1 amide bonds. The summed E-state index contributed by atoms with van der Waals surface area (Å²) in [5.74, 6) is 1.16. The van der Waals surface area contributed by atoms with E-state index in [4.69, 9.17) is 0 Å². The number of aryl methyl sites for hydroxylation is 1. The first-order chi connectivity index (χ1) is 11.9. The van der Waals surface area contributed by atoms with Gasteiger partial charge in [0.25, 0.3) is 5.91 Å². The zero-order chi connectivity index (χ0) is 18.0. The second kappa shape index (κ2) is 7.79. The van der Waals surface area contributed by atoms with Gasteiger partial charge in [-0.1, -0.05) is 15.9 Å². The minimum atomic E-state index is -3.64. The Morgan fingerprint density at radius 3 is 2.64 bits per heavy atom. The summed E-state index contributed by atoms with van der Waals surface area (Å²) < 4.78 is 28.1. The lowest BCUT2D eigenvalue weighted by atomic mass is 10.2. The summed E-state index contributed by atoms with van der Waals surface area (Å²) in [6, 6.07) is 7.04. The third kappa shape index (κ3) is 4.11. The first-order valence-electron chi connectivity index (χ1n) is 7.62. The Hall–Kier alpha value is -0.870. The highest BCUT2D eigenvalue weighted by Gasteiger charge is 2.31. The molecule has 1 fully saturated rings. The summed E-state index contributed by atoms with van der Waals surface area (Å²) in [5.41, 5.74) is 1.57. The Bertz CT molecular complexity index is 890. The van der Waals surface area contributed by atoms with Crippen LogP contribution in [0.25, 0.3) is 0 Å². The third-order valence-electron chi connectivity index (χ3n) is 3.86. The number of nitrogens with zero attached hydrogens (tertiary/aromatic N) is 1. The first-order valence-corrected chi connectivity index (χ1v) is 11.9. The van der Waals surface area contributed by atoms with E-state index < -0.39 is 15.9 Å². The predicted octanol–water partition coefficient (Wildman–Crippen LogP) is 3.81. The van der Waals surface area contributed by atoms with Crippen LogP contribution in [0.5, 0.6) is 0 Å². The second-order valence-corrected chi connectivity index (χ2v) is 10.5. The fourth-order valence-corrected chi connectivity index (χ4v) is 6.89. The maximum Gasteiger partial charge on any atom is 0.267 e. The third-order valence-corrected chi connectivity index (χ3v) is 8.28. The van der Waals surface area contributed by atoms with Crippen LogP contribution in [0.1, 0.15) is 15.2 Å². The molecule has 0 saturated carbocycles. The summed E-state index contributed by atoms with van der Waals surface area (Å²) in [6.45, 7) is 2.85. The van der Waals surface area contributed by atoms with Gasteiger partial charge in [-0.3, -0.25) is 4.79 Å². The summed E-state index contributed by atoms with van der Waals surface area (Å²) in [4.78, 5) is 13.0. The molecule has 0 atom stereocenters. The molecule has 2 heterocycles. The number of anilines is 1. The fraction of sp³-hybridized carbons (Fsp3) is 0.312. The molecule has 2 aromatic rings. The number of hydrogen-bond acceptors (Lipinski definition) is 5. The number of hydrogen-bond donors (Lipinski definition) is 1. The highest BCUT2D eigenvalue weighted by molar-refractivity contribution is 9.10. The Labute approximate surface area is 164 Å². The highest BCUT2D eigenvalue weighted by Crippen LogP contribution is 2.28. The van der Waals surface area contributed by atoms with Crippen LogP contribution in [0.4, 0.5) is 5.69 Å². The maximum atomic E-state index is 12.9. The minimum absolute atomic E-state index is 0.0941. The molecule has 0 bridgehead atoms. The Balaban J connectivity index is 1.86. The smallest absolute Gasteiger partial charge is 0.267 e. The van der Waals surface area contributed by atoms with Gasteiger partial charge in [0.05, 0.1) is 0 Å². The minimum Gasteiger partial charge on any atom is -0.321 e. The van der Waals surface area contributed by atoms with Crippen molar-refractivity contribution in [1.82, 2.24) is 4.31 Å². The standard InChI is InChI=1S/C16H17BrN2O3S3/c1-11-10-12(17)2-3-13(11)18-16(20)15-14(4-7-24-15)25(21,22)19-5-8-23-9-6-19/h2-4,7,10H,5-6,8-9H2,1H3,(H,18,20). The highest BCUT2D eigenvalue weighted by atomic mass is 79.9. The van der Waals surface area contributed by atoms with Crippen molar-refractivity contribution in [3.05, 3.63) is 44.6 Å². The number of halogens is 1. The van der Waals surface area contributed by atoms with E-state index >= 15 is 0 Å². The van der Waals surface area contributed by atoms with Crippen molar-refractivity contribution < 1.29 is 13.2 Å². The van der Waals surface area contributed by atoms with E-state index in [0.717, 1.165) is 32.9 Å². The Kier molecular flexibility index (Phi) is 5.89. The van der Waals surface area contributed by atoms with E-state index in [1.165, 1.54) is 10.4 Å². The molecule has 134 valence electrons. The molecule has 1 aliphatic rings. The molecular weight excluding hydrogens is 444 g/mol. The van der Waals surface area contributed by atoms with Gasteiger partial charge in [0.2, 0.25) is 10.0 Å². The molecule has 1 aliphatic heterocycles. The molecule has 0 aliphatic carbocycles. The van der Waals surface area contributed by atoms with Gasteiger partial charge in [0, 0.05) is 34.8 Å². The van der Waals surface area contributed by atoms with E-state index in [1.807, 2.05) is 19.1 Å². The summed E-state index contributed by atoms with van der Waals surface area (Å²) in [7, 11) is -3.64. The summed E-state index contributed by atoms with van der Waals surface area (Å²) in [5, 5.41) is 4.47. The first kappa shape index (κ1) is 18.9. The van der Waals surface area contributed by atoms with Gasteiger partial charge >= 0.3 is 0 Å². The molecule has 1 aromatic carbocycles. The number of benzene rings is 1. The summed E-state index contributed by atoms with van der Waals surface area (Å²) in [6.07, 6.45) is 0. The molecule has 1 aromatic heterocycles. The number of thiophene rings is 1. The average molecular weight is 461 g/mol. The molecular formula is C16H17BrN2O3S3. The number of sulfonamides is 1. The molecule has 9 heteroatoms. The van der Waals surface area contributed by atoms with Crippen molar-refractivity contribution in [2.75, 3.05) is 29.9 Å². The van der Waals surface area contributed by atoms with Gasteiger partial charge in [-0.2, -0.15) is 16.1 Å². The fourth-order valence-electron chi connectivity index (χ4n) is 2.54. The number of amides is 1. The van der Waals surface area contributed by atoms with E-state index in [1.54, 1.807) is 23.2 Å². The van der Waals surface area contributed by atoms with Gasteiger partial charge in [-0.25, -0.2) is 8.42 Å². The molecule has 3 rings (SSSR count). The molecule has 0 spiro atoms. The topological polar surface area (TPSA) is 66.5 Å². The SMILES string of the molecule is Cc1cc(Br)ccc1NC(=O)c1sccc1S(=O)(=O)N1CCSCC1. The number of carbonyl (C=O) groups is 1. The van der Waals surface area contributed by atoms with Gasteiger partial charge in [0.1, 0.15) is 9.77 Å². The van der Waals surface area contributed by atoms with E-state index in [9.17, 15) is 13.2 Å². The Morgan fingerprint density at radius 2 is 1.96 bits per heavy atom. The summed E-state index contributed by atoms with van der Waals surface area (Å²) >= 11 is 6.27. The lowest BCUT2D eigenvalue weighted by Crippen LogP contribution is -2.38. The lowest BCUT2D eigenvalue weighted by molar-refractivity contribution is 0.102. The molecule has 25 heavy (non-hydrogen) atoms. The van der Waals surface area contributed by atoms with Crippen LogP contribution >= 0.6 is 39.0 Å². The zero-order valence-corrected chi connectivity index (χ0v) is 17.5. The van der Waals surface area contributed by atoms with Gasteiger partial charge in [-0.05, 0) is 42.1 Å². The second-order valence-electron chi connectivity index (χ2n) is 5.54. The number of thioether (sulfide) groups is 1. The lowest BCUT2D eigenvalue weighted by Gasteiger charge is -2.25. The number of carbonyl (C=O) groups excluding carboxylic acids is 1. The quantitative estimate of drug-likeness (QED) is 0.752. The van der Waals surface area contributed by atoms with Crippen LogP contribution in [0, 0.1) is 6.92 Å². The van der Waals surface area contributed by atoms with Gasteiger partial charge in [-0.15, -0.1) is 11.3 Å². The number of rotatable bonds is 4. The van der Waals surface area contributed by atoms with E-state index in [0.29, 0.717) is 18.8 Å². The number of nitrogens with one attached hydrogen (secondary N) is 1. The van der Waals surface area contributed by atoms with Crippen molar-refractivity contribution in [2.24, 2.45) is 0 Å². The Morgan fingerprint density at radius 1 is 1.24 bits per heavy atom. The molecule has 1 N–H and O–H groups in total. The zero-order valence-electron chi connectivity index (χ0n) is 13.5. The van der Waals surface area contributed by atoms with E-state index in [-0.39, 0.29) is 9.77 Å². The monoisotopic (exact) mass is 460 g/mol. The molecule has 0 radical (unpaired) electrons. The largest absolute Gasteiger partial charge is 0.321 e.